The van der Waals surface area contributed by atoms with Crippen molar-refractivity contribution < 1.29 is 0 Å². The highest BCUT2D eigenvalue weighted by Gasteiger charge is 2.04. The molecule has 0 aliphatic carbocycles. The van der Waals surface area contributed by atoms with Crippen LogP contribution in [0.2, 0.25) is 10.0 Å². The van der Waals surface area contributed by atoms with Gasteiger partial charge in [0.2, 0.25) is 0 Å². The molecule has 0 saturated carbocycles. The van der Waals surface area contributed by atoms with Gasteiger partial charge in [-0.15, -0.1) is 0 Å². The van der Waals surface area contributed by atoms with E-state index in [1.54, 1.807) is 12.5 Å². The molecule has 82 valence electrons. The smallest absolute Gasteiger partial charge is 0.0924 e. The number of nitrogens with zero attached hydrogens (tertiary/aromatic N) is 1. The number of hydrogen-bond acceptors (Lipinski definition) is 1. The predicted molar refractivity (Wildman–Crippen MR) is 68.6 cm³/mol. The molecule has 2 aromatic rings. The Hall–Kier alpha value is -1.25. The zero-order valence-electron chi connectivity index (χ0n) is 8.67. The van der Waals surface area contributed by atoms with Crippen LogP contribution in [-0.2, 0) is 0 Å². The van der Waals surface area contributed by atoms with Gasteiger partial charge < -0.3 is 4.98 Å². The Bertz CT molecular complexity index is 496. The number of hydrogen-bond donors (Lipinski definition) is 1. The summed E-state index contributed by atoms with van der Waals surface area (Å²) in [4.78, 5) is 7.00. The van der Waals surface area contributed by atoms with Crippen molar-refractivity contribution in [3.63, 3.8) is 0 Å². The first-order valence-corrected chi connectivity index (χ1v) is 5.55. The lowest BCUT2D eigenvalue weighted by atomic mass is 10.1. The third kappa shape index (κ3) is 2.29. The van der Waals surface area contributed by atoms with Crippen LogP contribution in [0.1, 0.15) is 18.2 Å². The first kappa shape index (κ1) is 11.2. The van der Waals surface area contributed by atoms with Crippen LogP contribution in [0, 0.1) is 0 Å². The highest BCUT2D eigenvalue weighted by molar-refractivity contribution is 6.37. The molecule has 0 spiro atoms. The van der Waals surface area contributed by atoms with Crippen LogP contribution in [0.25, 0.3) is 11.6 Å². The Morgan fingerprint density at radius 1 is 1.31 bits per heavy atom. The lowest BCUT2D eigenvalue weighted by molar-refractivity contribution is 1.30. The van der Waals surface area contributed by atoms with Gasteiger partial charge in [-0.05, 0) is 30.7 Å². The van der Waals surface area contributed by atoms with Gasteiger partial charge in [-0.2, -0.15) is 0 Å². The minimum Gasteiger partial charge on any atom is -0.345 e. The van der Waals surface area contributed by atoms with Crippen molar-refractivity contribution in [1.82, 2.24) is 9.97 Å². The second kappa shape index (κ2) is 4.73. The molecule has 4 heteroatoms. The van der Waals surface area contributed by atoms with Crippen molar-refractivity contribution in [3.05, 3.63) is 52.0 Å². The van der Waals surface area contributed by atoms with Crippen LogP contribution >= 0.6 is 23.2 Å². The monoisotopic (exact) mass is 252 g/mol. The molecule has 2 nitrogen and oxygen atoms in total. The van der Waals surface area contributed by atoms with Crippen LogP contribution in [0.4, 0.5) is 0 Å². The molecule has 1 N–H and O–H groups in total. The largest absolute Gasteiger partial charge is 0.345 e. The molecule has 0 fully saturated rings. The van der Waals surface area contributed by atoms with Gasteiger partial charge in [0.15, 0.2) is 0 Å². The Morgan fingerprint density at radius 2 is 2.00 bits per heavy atom. The molecule has 0 aliphatic heterocycles. The van der Waals surface area contributed by atoms with Crippen molar-refractivity contribution >= 4 is 34.9 Å². The number of nitrogens with one attached hydrogen (secondary N) is 1. The third-order valence-electron chi connectivity index (χ3n) is 2.28. The topological polar surface area (TPSA) is 28.7 Å². The van der Waals surface area contributed by atoms with E-state index in [2.05, 4.69) is 9.97 Å². The summed E-state index contributed by atoms with van der Waals surface area (Å²) >= 11 is 12.2. The molecule has 1 aromatic carbocycles. The van der Waals surface area contributed by atoms with Crippen molar-refractivity contribution in [2.45, 2.75) is 6.92 Å². The van der Waals surface area contributed by atoms with Crippen LogP contribution in [-0.4, -0.2) is 9.97 Å². The van der Waals surface area contributed by atoms with Crippen molar-refractivity contribution in [3.8, 4) is 0 Å². The fourth-order valence-corrected chi connectivity index (χ4v) is 1.92. The quantitative estimate of drug-likeness (QED) is 0.850. The maximum Gasteiger partial charge on any atom is 0.0924 e. The van der Waals surface area contributed by atoms with Crippen molar-refractivity contribution in [2.75, 3.05) is 0 Å². The molecule has 0 radical (unpaired) electrons. The average molecular weight is 253 g/mol. The second-order valence-electron chi connectivity index (χ2n) is 3.43. The summed E-state index contributed by atoms with van der Waals surface area (Å²) in [6.45, 7) is 1.98. The summed E-state index contributed by atoms with van der Waals surface area (Å²) in [7, 11) is 0. The van der Waals surface area contributed by atoms with Gasteiger partial charge in [0.1, 0.15) is 0 Å². The fourth-order valence-electron chi connectivity index (χ4n) is 1.41. The summed E-state index contributed by atoms with van der Waals surface area (Å²) in [6, 6.07) is 5.46. The van der Waals surface area contributed by atoms with Crippen LogP contribution in [0.3, 0.4) is 0 Å². The van der Waals surface area contributed by atoms with Gasteiger partial charge >= 0.3 is 0 Å². The first-order valence-electron chi connectivity index (χ1n) is 4.79. The molecule has 2 rings (SSSR count). The van der Waals surface area contributed by atoms with E-state index in [1.165, 1.54) is 0 Å². The molecule has 16 heavy (non-hydrogen) atoms. The molecule has 1 aromatic heterocycles. The average Bonchev–Trinajstić information content (AvgIpc) is 2.76. The molecule has 1 heterocycles. The number of aromatic amines is 1. The van der Waals surface area contributed by atoms with Crippen LogP contribution in [0.15, 0.2) is 30.7 Å². The van der Waals surface area contributed by atoms with Crippen molar-refractivity contribution in [1.29, 1.82) is 0 Å². The highest BCUT2D eigenvalue weighted by Crippen LogP contribution is 2.28. The Kier molecular flexibility index (Phi) is 3.32. The number of aromatic nitrogens is 2. The standard InChI is InChI=1S/C12H10Cl2N2/c1-8(12-6-15-7-16-12)5-9-10(13)3-2-4-11(9)14/h2-7H,1H3,(H,15,16)/b8-5+. The number of rotatable bonds is 2. The van der Waals surface area contributed by atoms with Crippen LogP contribution < -0.4 is 0 Å². The van der Waals surface area contributed by atoms with Crippen molar-refractivity contribution in [2.24, 2.45) is 0 Å². The van der Waals surface area contributed by atoms with Gasteiger partial charge in [-0.25, -0.2) is 4.98 Å². The van der Waals surface area contributed by atoms with Gasteiger partial charge in [-0.1, -0.05) is 29.3 Å². The lowest BCUT2D eigenvalue weighted by Crippen LogP contribution is -1.82. The first-order chi connectivity index (χ1) is 7.68. The minimum absolute atomic E-state index is 0.645. The molecular formula is C12H10Cl2N2. The van der Waals surface area contributed by atoms with E-state index < -0.39 is 0 Å². The number of halogens is 2. The summed E-state index contributed by atoms with van der Waals surface area (Å²) < 4.78 is 0. The molecule has 0 amide bonds. The van der Waals surface area contributed by atoms with E-state index >= 15 is 0 Å². The fraction of sp³-hybridized carbons (Fsp3) is 0.0833. The third-order valence-corrected chi connectivity index (χ3v) is 2.94. The van der Waals surface area contributed by atoms with Gasteiger partial charge in [0.25, 0.3) is 0 Å². The van der Waals surface area contributed by atoms with E-state index in [0.717, 1.165) is 16.8 Å². The summed E-state index contributed by atoms with van der Waals surface area (Å²) in [5.74, 6) is 0. The molecule has 0 aliphatic rings. The highest BCUT2D eigenvalue weighted by atomic mass is 35.5. The van der Waals surface area contributed by atoms with E-state index in [-0.39, 0.29) is 0 Å². The number of imidazole rings is 1. The Labute approximate surface area is 104 Å². The SMILES string of the molecule is C/C(=C\c1c(Cl)cccc1Cl)c1cnc[nH]1. The Balaban J connectivity index is 2.43. The predicted octanol–water partition coefficient (Wildman–Crippen LogP) is 4.28. The number of H-pyrrole nitrogens is 1. The number of benzene rings is 1. The number of allylic oxidation sites excluding steroid dienone is 1. The zero-order chi connectivity index (χ0) is 11.5. The minimum atomic E-state index is 0.645. The van der Waals surface area contributed by atoms with Gasteiger partial charge in [-0.3, -0.25) is 0 Å². The Morgan fingerprint density at radius 3 is 2.56 bits per heavy atom. The maximum atomic E-state index is 6.08. The normalized spacial score (nSPS) is 11.8. The van der Waals surface area contributed by atoms with Gasteiger partial charge in [0.05, 0.1) is 18.2 Å². The van der Waals surface area contributed by atoms with E-state index in [1.807, 2.05) is 31.2 Å². The second-order valence-corrected chi connectivity index (χ2v) is 4.24. The summed E-state index contributed by atoms with van der Waals surface area (Å²) in [5, 5.41) is 1.29. The van der Waals surface area contributed by atoms with E-state index in [4.69, 9.17) is 23.2 Å². The molecule has 0 saturated heterocycles. The molecule has 0 bridgehead atoms. The van der Waals surface area contributed by atoms with E-state index in [9.17, 15) is 0 Å². The van der Waals surface area contributed by atoms with Gasteiger partial charge in [0, 0.05) is 15.6 Å². The lowest BCUT2D eigenvalue weighted by Gasteiger charge is -2.03. The van der Waals surface area contributed by atoms with E-state index in [0.29, 0.717) is 10.0 Å². The molecule has 0 atom stereocenters. The molecular weight excluding hydrogens is 243 g/mol. The maximum absolute atomic E-state index is 6.08. The van der Waals surface area contributed by atoms with Crippen LogP contribution in [0.5, 0.6) is 0 Å². The summed E-state index contributed by atoms with van der Waals surface area (Å²) in [6.07, 6.45) is 5.34. The zero-order valence-corrected chi connectivity index (χ0v) is 10.2. The molecule has 0 unspecified atom stereocenters. The summed E-state index contributed by atoms with van der Waals surface area (Å²) in [5.41, 5.74) is 2.82.